The molecule has 0 radical (unpaired) electrons. The summed E-state index contributed by atoms with van der Waals surface area (Å²) >= 11 is 0. The molecule has 0 aliphatic carbocycles. The Labute approximate surface area is 141 Å². The smallest absolute Gasteiger partial charge is 0.319 e. The Kier molecular flexibility index (Phi) is 4.75. The molecule has 2 fully saturated rings. The number of amides is 3. The fraction of sp³-hybridized carbons (Fsp3) is 0.500. The fourth-order valence-electron chi connectivity index (χ4n) is 3.06. The van der Waals surface area contributed by atoms with Crippen LogP contribution in [-0.2, 0) is 9.84 Å². The average molecular weight is 351 g/mol. The van der Waals surface area contributed by atoms with Crippen molar-refractivity contribution in [2.24, 2.45) is 0 Å². The average Bonchev–Trinajstić information content (AvgIpc) is 3.17. The number of sulfone groups is 1. The molecule has 1 aromatic carbocycles. The number of urea groups is 1. The van der Waals surface area contributed by atoms with E-state index in [9.17, 15) is 18.0 Å². The van der Waals surface area contributed by atoms with Gasteiger partial charge in [-0.2, -0.15) is 0 Å². The minimum atomic E-state index is -3.02. The molecule has 2 saturated heterocycles. The second-order valence-electron chi connectivity index (χ2n) is 6.28. The van der Waals surface area contributed by atoms with E-state index in [0.29, 0.717) is 17.7 Å². The summed E-state index contributed by atoms with van der Waals surface area (Å²) in [6.45, 7) is 1.59. The zero-order valence-electron chi connectivity index (χ0n) is 13.3. The van der Waals surface area contributed by atoms with Gasteiger partial charge in [-0.1, -0.05) is 0 Å². The lowest BCUT2D eigenvalue weighted by Crippen LogP contribution is -2.38. The van der Waals surface area contributed by atoms with Crippen molar-refractivity contribution in [3.8, 4) is 0 Å². The van der Waals surface area contributed by atoms with E-state index in [1.807, 2.05) is 4.90 Å². The maximum absolute atomic E-state index is 12.2. The van der Waals surface area contributed by atoms with Gasteiger partial charge < -0.3 is 15.5 Å². The van der Waals surface area contributed by atoms with Crippen LogP contribution in [0.3, 0.4) is 0 Å². The molecule has 0 saturated carbocycles. The standard InChI is InChI=1S/C16H21N3O4S/c20-15(19-8-1-2-9-19)12-3-5-13(6-4-12)17-16(21)18-14-7-10-24(22,23)11-14/h3-6,14H,1-2,7-11H2,(H2,17,18,21)/t14-/m1/s1. The molecule has 1 aromatic rings. The molecular weight excluding hydrogens is 330 g/mol. The summed E-state index contributed by atoms with van der Waals surface area (Å²) in [5.41, 5.74) is 1.16. The van der Waals surface area contributed by atoms with Gasteiger partial charge in [0.2, 0.25) is 0 Å². The number of likely N-dealkylation sites (tertiary alicyclic amines) is 1. The monoisotopic (exact) mass is 351 g/mol. The third-order valence-corrected chi connectivity index (χ3v) is 6.12. The van der Waals surface area contributed by atoms with E-state index in [2.05, 4.69) is 10.6 Å². The summed E-state index contributed by atoms with van der Waals surface area (Å²) in [5, 5.41) is 5.32. The summed E-state index contributed by atoms with van der Waals surface area (Å²) in [6.07, 6.45) is 2.53. The van der Waals surface area contributed by atoms with Crippen molar-refractivity contribution < 1.29 is 18.0 Å². The quantitative estimate of drug-likeness (QED) is 0.856. The maximum Gasteiger partial charge on any atom is 0.319 e. The Morgan fingerprint density at radius 1 is 1.08 bits per heavy atom. The second kappa shape index (κ2) is 6.80. The van der Waals surface area contributed by atoms with Crippen LogP contribution in [0.25, 0.3) is 0 Å². The predicted octanol–water partition coefficient (Wildman–Crippen LogP) is 1.23. The first-order valence-electron chi connectivity index (χ1n) is 8.10. The van der Waals surface area contributed by atoms with Crippen LogP contribution in [0.1, 0.15) is 29.6 Å². The van der Waals surface area contributed by atoms with Gasteiger partial charge in [0.15, 0.2) is 9.84 Å². The Hall–Kier alpha value is -2.09. The Morgan fingerprint density at radius 2 is 1.75 bits per heavy atom. The number of nitrogens with one attached hydrogen (secondary N) is 2. The van der Waals surface area contributed by atoms with Crippen LogP contribution in [-0.4, -0.2) is 55.9 Å². The molecule has 24 heavy (non-hydrogen) atoms. The van der Waals surface area contributed by atoms with Gasteiger partial charge in [-0.3, -0.25) is 4.79 Å². The predicted molar refractivity (Wildman–Crippen MR) is 90.8 cm³/mol. The first-order valence-corrected chi connectivity index (χ1v) is 9.92. The van der Waals surface area contributed by atoms with Crippen molar-refractivity contribution in [2.45, 2.75) is 25.3 Å². The van der Waals surface area contributed by atoms with Gasteiger partial charge in [0.05, 0.1) is 11.5 Å². The molecule has 2 aliphatic heterocycles. The lowest BCUT2D eigenvalue weighted by atomic mass is 10.2. The molecule has 7 nitrogen and oxygen atoms in total. The van der Waals surface area contributed by atoms with E-state index in [4.69, 9.17) is 0 Å². The SMILES string of the molecule is O=C(Nc1ccc(C(=O)N2CCCC2)cc1)N[C@@H]1CCS(=O)(=O)C1. The molecule has 2 aliphatic rings. The van der Waals surface area contributed by atoms with Crippen molar-refractivity contribution in [2.75, 3.05) is 29.9 Å². The van der Waals surface area contributed by atoms with Gasteiger partial charge in [0.25, 0.3) is 5.91 Å². The molecule has 2 N–H and O–H groups in total. The second-order valence-corrected chi connectivity index (χ2v) is 8.50. The lowest BCUT2D eigenvalue weighted by Gasteiger charge is -2.15. The molecule has 0 spiro atoms. The number of hydrogen-bond acceptors (Lipinski definition) is 4. The van der Waals surface area contributed by atoms with Crippen molar-refractivity contribution >= 4 is 27.5 Å². The Morgan fingerprint density at radius 3 is 2.33 bits per heavy atom. The van der Waals surface area contributed by atoms with Gasteiger partial charge in [-0.15, -0.1) is 0 Å². The lowest BCUT2D eigenvalue weighted by molar-refractivity contribution is 0.0793. The molecule has 8 heteroatoms. The molecule has 0 unspecified atom stereocenters. The highest BCUT2D eigenvalue weighted by molar-refractivity contribution is 7.91. The zero-order valence-corrected chi connectivity index (χ0v) is 14.1. The minimum absolute atomic E-state index is 0.0102. The van der Waals surface area contributed by atoms with Gasteiger partial charge in [0.1, 0.15) is 0 Å². The van der Waals surface area contributed by atoms with Crippen molar-refractivity contribution in [3.63, 3.8) is 0 Å². The largest absolute Gasteiger partial charge is 0.339 e. The normalized spacial score (nSPS) is 22.3. The van der Waals surface area contributed by atoms with E-state index < -0.39 is 15.9 Å². The van der Waals surface area contributed by atoms with E-state index in [-0.39, 0.29) is 23.5 Å². The van der Waals surface area contributed by atoms with Crippen LogP contribution < -0.4 is 10.6 Å². The summed E-state index contributed by atoms with van der Waals surface area (Å²) in [7, 11) is -3.02. The number of benzene rings is 1. The van der Waals surface area contributed by atoms with Crippen molar-refractivity contribution in [1.29, 1.82) is 0 Å². The summed E-state index contributed by atoms with van der Waals surface area (Å²) in [6, 6.07) is 5.96. The van der Waals surface area contributed by atoms with E-state index in [1.165, 1.54) is 0 Å². The van der Waals surface area contributed by atoms with Gasteiger partial charge >= 0.3 is 6.03 Å². The number of hydrogen-bond donors (Lipinski definition) is 2. The highest BCUT2D eigenvalue weighted by Crippen LogP contribution is 2.16. The van der Waals surface area contributed by atoms with E-state index in [0.717, 1.165) is 25.9 Å². The molecule has 130 valence electrons. The van der Waals surface area contributed by atoms with Crippen LogP contribution in [0.15, 0.2) is 24.3 Å². The number of nitrogens with zero attached hydrogens (tertiary/aromatic N) is 1. The Bertz CT molecular complexity index is 724. The van der Waals surface area contributed by atoms with Gasteiger partial charge in [-0.25, -0.2) is 13.2 Å². The third kappa shape index (κ3) is 4.05. The van der Waals surface area contributed by atoms with Crippen molar-refractivity contribution in [3.05, 3.63) is 29.8 Å². The number of carbonyl (C=O) groups is 2. The molecule has 0 bridgehead atoms. The van der Waals surface area contributed by atoms with Crippen LogP contribution >= 0.6 is 0 Å². The molecule has 3 rings (SSSR count). The Balaban J connectivity index is 1.54. The summed E-state index contributed by atoms with van der Waals surface area (Å²) in [4.78, 5) is 26.0. The number of anilines is 1. The van der Waals surface area contributed by atoms with Crippen LogP contribution in [0.4, 0.5) is 10.5 Å². The molecule has 1 atom stereocenters. The summed E-state index contributed by atoms with van der Waals surface area (Å²) in [5.74, 6) is 0.120. The molecule has 2 heterocycles. The molecule has 0 aromatic heterocycles. The minimum Gasteiger partial charge on any atom is -0.339 e. The van der Waals surface area contributed by atoms with E-state index >= 15 is 0 Å². The highest BCUT2D eigenvalue weighted by atomic mass is 32.2. The van der Waals surface area contributed by atoms with Crippen LogP contribution in [0.2, 0.25) is 0 Å². The van der Waals surface area contributed by atoms with E-state index in [1.54, 1.807) is 24.3 Å². The fourth-order valence-corrected chi connectivity index (χ4v) is 4.73. The highest BCUT2D eigenvalue weighted by Gasteiger charge is 2.28. The maximum atomic E-state index is 12.2. The number of carbonyl (C=O) groups excluding carboxylic acids is 2. The third-order valence-electron chi connectivity index (χ3n) is 4.35. The summed E-state index contributed by atoms with van der Waals surface area (Å²) < 4.78 is 22.8. The molecular formula is C16H21N3O4S. The topological polar surface area (TPSA) is 95.6 Å². The first kappa shape index (κ1) is 16.8. The van der Waals surface area contributed by atoms with Gasteiger partial charge in [0, 0.05) is 30.4 Å². The molecule has 3 amide bonds. The van der Waals surface area contributed by atoms with Gasteiger partial charge in [-0.05, 0) is 43.5 Å². The van der Waals surface area contributed by atoms with Crippen molar-refractivity contribution in [1.82, 2.24) is 10.2 Å². The van der Waals surface area contributed by atoms with Crippen LogP contribution in [0, 0.1) is 0 Å². The first-order chi connectivity index (χ1) is 11.4. The zero-order chi connectivity index (χ0) is 17.2. The van der Waals surface area contributed by atoms with Crippen LogP contribution in [0.5, 0.6) is 0 Å². The number of rotatable bonds is 3.